The predicted molar refractivity (Wildman–Crippen MR) is 101 cm³/mol. The highest BCUT2D eigenvalue weighted by molar-refractivity contribution is 5.94. The van der Waals surface area contributed by atoms with Crippen LogP contribution in [0, 0.1) is 0 Å². The second-order valence-electron chi connectivity index (χ2n) is 6.70. The highest BCUT2D eigenvalue weighted by Crippen LogP contribution is 2.14. The van der Waals surface area contributed by atoms with Crippen molar-refractivity contribution in [2.45, 2.75) is 25.4 Å². The molecular weight excluding hydrogens is 340 g/mol. The van der Waals surface area contributed by atoms with Crippen LogP contribution in [-0.4, -0.2) is 49.7 Å². The Labute approximate surface area is 158 Å². The number of nitrogens with zero attached hydrogens (tertiary/aromatic N) is 5. The summed E-state index contributed by atoms with van der Waals surface area (Å²) in [6, 6.07) is 11.6. The topological polar surface area (TPSA) is 75.9 Å². The van der Waals surface area contributed by atoms with Crippen LogP contribution in [0.15, 0.2) is 61.2 Å². The zero-order valence-corrected chi connectivity index (χ0v) is 15.0. The van der Waals surface area contributed by atoms with Crippen molar-refractivity contribution >= 4 is 5.91 Å². The van der Waals surface area contributed by atoms with Gasteiger partial charge in [0.05, 0.1) is 11.3 Å². The molecule has 3 aromatic rings. The van der Waals surface area contributed by atoms with Crippen LogP contribution in [0.4, 0.5) is 0 Å². The molecule has 1 amide bonds. The summed E-state index contributed by atoms with van der Waals surface area (Å²) in [5, 5.41) is 7.27. The lowest BCUT2D eigenvalue weighted by Gasteiger charge is -2.32. The lowest BCUT2D eigenvalue weighted by atomic mass is 10.0. The van der Waals surface area contributed by atoms with E-state index in [9.17, 15) is 4.79 Å². The van der Waals surface area contributed by atoms with Gasteiger partial charge in [-0.2, -0.15) is 5.10 Å². The van der Waals surface area contributed by atoms with Crippen molar-refractivity contribution in [3.05, 3.63) is 72.4 Å². The van der Waals surface area contributed by atoms with E-state index in [1.54, 1.807) is 29.2 Å². The van der Waals surface area contributed by atoms with Gasteiger partial charge in [0, 0.05) is 50.5 Å². The monoisotopic (exact) mass is 362 g/mol. The summed E-state index contributed by atoms with van der Waals surface area (Å²) in [7, 11) is 0. The quantitative estimate of drug-likeness (QED) is 0.752. The van der Waals surface area contributed by atoms with E-state index >= 15 is 0 Å². The van der Waals surface area contributed by atoms with Crippen molar-refractivity contribution in [3.63, 3.8) is 0 Å². The minimum Gasteiger partial charge on any atom is -0.349 e. The average molecular weight is 362 g/mol. The number of piperidine rings is 1. The van der Waals surface area contributed by atoms with Gasteiger partial charge in [-0.25, -0.2) is 9.67 Å². The normalized spacial score (nSPS) is 15.6. The van der Waals surface area contributed by atoms with Gasteiger partial charge in [-0.3, -0.25) is 14.7 Å². The average Bonchev–Trinajstić information content (AvgIpc) is 3.25. The third-order valence-electron chi connectivity index (χ3n) is 4.78. The summed E-state index contributed by atoms with van der Waals surface area (Å²) in [6.07, 6.45) is 8.83. The van der Waals surface area contributed by atoms with Gasteiger partial charge in [0.1, 0.15) is 0 Å². The highest BCUT2D eigenvalue weighted by atomic mass is 16.1. The van der Waals surface area contributed by atoms with Crippen molar-refractivity contribution in [2.24, 2.45) is 0 Å². The maximum Gasteiger partial charge on any atom is 0.253 e. The van der Waals surface area contributed by atoms with Gasteiger partial charge < -0.3 is 5.32 Å². The smallest absolute Gasteiger partial charge is 0.253 e. The molecule has 0 saturated carbocycles. The van der Waals surface area contributed by atoms with E-state index in [1.807, 2.05) is 36.7 Å². The number of hydrogen-bond acceptors (Lipinski definition) is 5. The van der Waals surface area contributed by atoms with E-state index in [2.05, 4.69) is 25.3 Å². The summed E-state index contributed by atoms with van der Waals surface area (Å²) in [6.45, 7) is 2.77. The fraction of sp³-hybridized carbons (Fsp3) is 0.300. The van der Waals surface area contributed by atoms with E-state index in [1.165, 1.54) is 0 Å². The van der Waals surface area contributed by atoms with Crippen molar-refractivity contribution in [3.8, 4) is 5.82 Å². The number of carbonyl (C=O) groups excluding carboxylic acids is 1. The molecular formula is C20H22N6O. The second kappa shape index (κ2) is 8.09. The Kier molecular flexibility index (Phi) is 5.20. The molecule has 4 heterocycles. The van der Waals surface area contributed by atoms with E-state index in [4.69, 9.17) is 0 Å². The highest BCUT2D eigenvalue weighted by Gasteiger charge is 2.21. The van der Waals surface area contributed by atoms with Crippen LogP contribution in [0.1, 0.15) is 28.9 Å². The first-order valence-electron chi connectivity index (χ1n) is 9.17. The predicted octanol–water partition coefficient (Wildman–Crippen LogP) is 2.06. The summed E-state index contributed by atoms with van der Waals surface area (Å²) in [4.78, 5) is 23.6. The second-order valence-corrected chi connectivity index (χ2v) is 6.70. The van der Waals surface area contributed by atoms with Crippen LogP contribution >= 0.6 is 0 Å². The Morgan fingerprint density at radius 2 is 1.96 bits per heavy atom. The van der Waals surface area contributed by atoms with Crippen LogP contribution in [0.5, 0.6) is 0 Å². The van der Waals surface area contributed by atoms with E-state index < -0.39 is 0 Å². The maximum absolute atomic E-state index is 12.5. The molecule has 0 atom stereocenters. The Hall–Kier alpha value is -3.06. The summed E-state index contributed by atoms with van der Waals surface area (Å²) < 4.78 is 1.67. The Bertz CT molecular complexity index is 855. The number of hydrogen-bond donors (Lipinski definition) is 1. The molecule has 0 radical (unpaired) electrons. The maximum atomic E-state index is 12.5. The third kappa shape index (κ3) is 4.38. The lowest BCUT2D eigenvalue weighted by Crippen LogP contribution is -2.44. The number of carbonyl (C=O) groups is 1. The van der Waals surface area contributed by atoms with Gasteiger partial charge in [0.2, 0.25) is 0 Å². The molecule has 3 aromatic heterocycles. The first kappa shape index (κ1) is 17.4. The van der Waals surface area contributed by atoms with Crippen molar-refractivity contribution in [2.75, 3.05) is 13.1 Å². The molecule has 4 rings (SSSR count). The molecule has 138 valence electrons. The SMILES string of the molecule is O=C(NC1CCN(Cc2ccccn2)CC1)c1ccc(-n2cccn2)nc1. The zero-order chi connectivity index (χ0) is 18.5. The van der Waals surface area contributed by atoms with Crippen LogP contribution in [0.25, 0.3) is 5.82 Å². The number of rotatable bonds is 5. The molecule has 7 nitrogen and oxygen atoms in total. The first-order valence-corrected chi connectivity index (χ1v) is 9.17. The molecule has 0 aromatic carbocycles. The lowest BCUT2D eigenvalue weighted by molar-refractivity contribution is 0.0908. The van der Waals surface area contributed by atoms with Gasteiger partial charge in [0.15, 0.2) is 5.82 Å². The fourth-order valence-corrected chi connectivity index (χ4v) is 3.29. The molecule has 0 unspecified atom stereocenters. The Balaban J connectivity index is 1.28. The molecule has 0 bridgehead atoms. The first-order chi connectivity index (χ1) is 13.3. The van der Waals surface area contributed by atoms with Crippen molar-refractivity contribution in [1.29, 1.82) is 0 Å². The van der Waals surface area contributed by atoms with Gasteiger partial charge >= 0.3 is 0 Å². The molecule has 1 N–H and O–H groups in total. The molecule has 1 saturated heterocycles. The Morgan fingerprint density at radius 3 is 2.63 bits per heavy atom. The summed E-state index contributed by atoms with van der Waals surface area (Å²) in [5.74, 6) is 0.622. The minimum absolute atomic E-state index is 0.0716. The molecule has 27 heavy (non-hydrogen) atoms. The van der Waals surface area contributed by atoms with Gasteiger partial charge in [-0.05, 0) is 43.2 Å². The zero-order valence-electron chi connectivity index (χ0n) is 15.0. The third-order valence-corrected chi connectivity index (χ3v) is 4.78. The standard InChI is InChI=1S/C20H22N6O/c27-20(16-5-6-19(22-14-16)26-11-3-10-23-26)24-17-7-12-25(13-8-17)15-18-4-1-2-9-21-18/h1-6,9-11,14,17H,7-8,12-13,15H2,(H,24,27). The van der Waals surface area contributed by atoms with Crippen molar-refractivity contribution < 1.29 is 4.79 Å². The summed E-state index contributed by atoms with van der Waals surface area (Å²) in [5.41, 5.74) is 1.66. The van der Waals surface area contributed by atoms with Crippen molar-refractivity contribution in [1.82, 2.24) is 30.0 Å². The van der Waals surface area contributed by atoms with Crippen LogP contribution in [0.3, 0.4) is 0 Å². The molecule has 1 aliphatic heterocycles. The molecule has 1 fully saturated rings. The largest absolute Gasteiger partial charge is 0.349 e. The number of aromatic nitrogens is 4. The van der Waals surface area contributed by atoms with Crippen LogP contribution in [0.2, 0.25) is 0 Å². The van der Waals surface area contributed by atoms with Gasteiger partial charge in [-0.1, -0.05) is 6.07 Å². The van der Waals surface area contributed by atoms with Gasteiger partial charge in [0.25, 0.3) is 5.91 Å². The number of amides is 1. The Morgan fingerprint density at radius 1 is 1.07 bits per heavy atom. The van der Waals surface area contributed by atoms with Gasteiger partial charge in [-0.15, -0.1) is 0 Å². The van der Waals surface area contributed by atoms with E-state index in [0.717, 1.165) is 38.2 Å². The van der Waals surface area contributed by atoms with E-state index in [0.29, 0.717) is 11.4 Å². The summed E-state index contributed by atoms with van der Waals surface area (Å²) >= 11 is 0. The van der Waals surface area contributed by atoms with Crippen LogP contribution in [-0.2, 0) is 6.54 Å². The number of likely N-dealkylation sites (tertiary alicyclic amines) is 1. The molecule has 7 heteroatoms. The minimum atomic E-state index is -0.0716. The molecule has 0 aliphatic carbocycles. The fourth-order valence-electron chi connectivity index (χ4n) is 3.29. The number of pyridine rings is 2. The van der Waals surface area contributed by atoms with E-state index in [-0.39, 0.29) is 11.9 Å². The molecule has 1 aliphatic rings. The van der Waals surface area contributed by atoms with Crippen LogP contribution < -0.4 is 5.32 Å². The number of nitrogens with one attached hydrogen (secondary N) is 1. The molecule has 0 spiro atoms.